The fraction of sp³-hybridized carbons (Fsp3) is 0.296. The third-order valence-corrected chi connectivity index (χ3v) is 7.11. The number of piperazine rings is 1. The summed E-state index contributed by atoms with van der Waals surface area (Å²) in [5.41, 5.74) is 4.24. The molecule has 9 nitrogen and oxygen atoms in total. The third kappa shape index (κ3) is 4.33. The molecule has 0 bridgehead atoms. The van der Waals surface area contributed by atoms with E-state index in [4.69, 9.17) is 0 Å². The molecule has 2 aliphatic rings. The summed E-state index contributed by atoms with van der Waals surface area (Å²) < 4.78 is 0. The molecule has 1 aromatic carbocycles. The number of H-pyrrole nitrogens is 2. The molecular formula is C27H29N7O2. The second-order valence-electron chi connectivity index (χ2n) is 9.50. The van der Waals surface area contributed by atoms with Gasteiger partial charge in [0, 0.05) is 61.4 Å². The molecule has 0 spiro atoms. The highest BCUT2D eigenvalue weighted by atomic mass is 16.2. The van der Waals surface area contributed by atoms with Crippen LogP contribution in [0.25, 0.3) is 10.9 Å². The molecule has 0 atom stereocenters. The maximum atomic E-state index is 13.2. The molecule has 1 aliphatic heterocycles. The van der Waals surface area contributed by atoms with E-state index in [1.165, 1.54) is 19.0 Å². The van der Waals surface area contributed by atoms with Gasteiger partial charge in [-0.25, -0.2) is 0 Å². The predicted molar refractivity (Wildman–Crippen MR) is 142 cm³/mol. The average molecular weight is 484 g/mol. The van der Waals surface area contributed by atoms with Gasteiger partial charge in [0.15, 0.2) is 0 Å². The van der Waals surface area contributed by atoms with Crippen molar-refractivity contribution in [3.05, 3.63) is 76.6 Å². The number of fused-ring (bicyclic) bond motifs is 1. The fourth-order valence-corrected chi connectivity index (χ4v) is 4.98. The van der Waals surface area contributed by atoms with E-state index in [2.05, 4.69) is 35.4 Å². The minimum atomic E-state index is -0.476. The average Bonchev–Trinajstić information content (AvgIpc) is 3.62. The molecule has 36 heavy (non-hydrogen) atoms. The zero-order valence-electron chi connectivity index (χ0n) is 20.2. The molecule has 4 aromatic rings. The molecule has 4 heterocycles. The largest absolute Gasteiger partial charge is 0.369 e. The van der Waals surface area contributed by atoms with Crippen LogP contribution in [0, 0.1) is 6.92 Å². The number of benzene rings is 1. The zero-order chi connectivity index (χ0) is 24.6. The van der Waals surface area contributed by atoms with Crippen molar-refractivity contribution in [3.63, 3.8) is 0 Å². The third-order valence-electron chi connectivity index (χ3n) is 7.11. The topological polar surface area (TPSA) is 109 Å². The summed E-state index contributed by atoms with van der Waals surface area (Å²) in [6, 6.07) is 12.2. The van der Waals surface area contributed by atoms with Crippen LogP contribution >= 0.6 is 0 Å². The molecule has 2 fully saturated rings. The first-order chi connectivity index (χ1) is 17.6. The Morgan fingerprint density at radius 2 is 1.72 bits per heavy atom. The number of hydrogen-bond donors (Lipinski definition) is 4. The molecule has 1 saturated heterocycles. The van der Waals surface area contributed by atoms with Crippen molar-refractivity contribution in [2.24, 2.45) is 0 Å². The minimum absolute atomic E-state index is 0.0158. The Morgan fingerprint density at radius 1 is 0.972 bits per heavy atom. The number of amides is 1. The molecule has 4 N–H and O–H groups in total. The summed E-state index contributed by atoms with van der Waals surface area (Å²) in [4.78, 5) is 41.1. The van der Waals surface area contributed by atoms with E-state index in [-0.39, 0.29) is 5.56 Å². The fourth-order valence-electron chi connectivity index (χ4n) is 4.98. The molecule has 9 heteroatoms. The van der Waals surface area contributed by atoms with Crippen LogP contribution in [0.3, 0.4) is 0 Å². The highest BCUT2D eigenvalue weighted by molar-refractivity contribution is 6.08. The zero-order valence-corrected chi connectivity index (χ0v) is 20.2. The van der Waals surface area contributed by atoms with Gasteiger partial charge in [-0.2, -0.15) is 0 Å². The van der Waals surface area contributed by atoms with Crippen LogP contribution in [0.15, 0.2) is 59.8 Å². The number of nitrogens with zero attached hydrogens (tertiary/aromatic N) is 3. The number of nitrogens with one attached hydrogen (secondary N) is 4. The number of carbonyl (C=O) groups is 1. The summed E-state index contributed by atoms with van der Waals surface area (Å²) in [6.45, 7) is 6.15. The number of pyridine rings is 2. The minimum Gasteiger partial charge on any atom is -0.369 e. The van der Waals surface area contributed by atoms with Gasteiger partial charge in [-0.15, -0.1) is 0 Å². The maximum Gasteiger partial charge on any atom is 0.263 e. The summed E-state index contributed by atoms with van der Waals surface area (Å²) in [5, 5.41) is 7.04. The number of anilines is 4. The van der Waals surface area contributed by atoms with E-state index in [1.54, 1.807) is 12.3 Å². The quantitative estimate of drug-likeness (QED) is 0.332. The van der Waals surface area contributed by atoms with E-state index < -0.39 is 11.5 Å². The Hall–Kier alpha value is -4.11. The van der Waals surface area contributed by atoms with Crippen molar-refractivity contribution >= 4 is 39.6 Å². The summed E-state index contributed by atoms with van der Waals surface area (Å²) >= 11 is 0. The molecule has 0 unspecified atom stereocenters. The van der Waals surface area contributed by atoms with Crippen LogP contribution in [0.1, 0.15) is 28.9 Å². The highest BCUT2D eigenvalue weighted by Gasteiger charge is 2.31. The lowest BCUT2D eigenvalue weighted by Gasteiger charge is -2.36. The van der Waals surface area contributed by atoms with E-state index in [0.29, 0.717) is 17.1 Å². The number of aromatic amines is 2. The summed E-state index contributed by atoms with van der Waals surface area (Å²) in [7, 11) is 0. The molecule has 1 saturated carbocycles. The molecule has 1 amide bonds. The predicted octanol–water partition coefficient (Wildman–Crippen LogP) is 3.84. The van der Waals surface area contributed by atoms with Crippen molar-refractivity contribution in [1.82, 2.24) is 19.9 Å². The molecule has 0 radical (unpaired) electrons. The smallest absolute Gasteiger partial charge is 0.263 e. The van der Waals surface area contributed by atoms with E-state index in [1.807, 2.05) is 43.5 Å². The first-order valence-corrected chi connectivity index (χ1v) is 12.4. The van der Waals surface area contributed by atoms with E-state index in [0.717, 1.165) is 54.5 Å². The lowest BCUT2D eigenvalue weighted by Crippen LogP contribution is -2.47. The lowest BCUT2D eigenvalue weighted by molar-refractivity contribution is 0.102. The van der Waals surface area contributed by atoms with Crippen molar-refractivity contribution in [1.29, 1.82) is 0 Å². The van der Waals surface area contributed by atoms with Crippen LogP contribution < -0.4 is 21.1 Å². The summed E-state index contributed by atoms with van der Waals surface area (Å²) in [5.74, 6) is -0.476. The second kappa shape index (κ2) is 9.16. The first kappa shape index (κ1) is 22.4. The monoisotopic (exact) mass is 483 g/mol. The van der Waals surface area contributed by atoms with Crippen LogP contribution in [-0.2, 0) is 0 Å². The maximum absolute atomic E-state index is 13.2. The number of aromatic nitrogens is 3. The Balaban J connectivity index is 1.18. The molecule has 1 aliphatic carbocycles. The van der Waals surface area contributed by atoms with Crippen molar-refractivity contribution in [2.75, 3.05) is 41.7 Å². The number of hydrogen-bond acceptors (Lipinski definition) is 6. The van der Waals surface area contributed by atoms with Gasteiger partial charge in [-0.05, 0) is 56.2 Å². The normalized spacial score (nSPS) is 16.3. The standard InChI is InChI=1S/C27H29N7O2/c1-17-25-21(8-10-28-25)23(16-30-17)32-22-9-11-29-26(35)24(22)27(36)31-18-2-4-19(5-3-18)33-12-14-34(15-13-33)20-6-7-20/h2-5,8-11,16,20,28H,6-7,12-15H2,1H3,(H,31,36)(H2,29,32,35). The van der Waals surface area contributed by atoms with Gasteiger partial charge < -0.3 is 25.5 Å². The Morgan fingerprint density at radius 3 is 2.47 bits per heavy atom. The number of aryl methyl sites for hydroxylation is 1. The van der Waals surface area contributed by atoms with Crippen molar-refractivity contribution < 1.29 is 4.79 Å². The summed E-state index contributed by atoms with van der Waals surface area (Å²) in [6.07, 6.45) is 7.75. The second-order valence-corrected chi connectivity index (χ2v) is 9.50. The van der Waals surface area contributed by atoms with Crippen molar-refractivity contribution in [3.8, 4) is 0 Å². The van der Waals surface area contributed by atoms with Gasteiger partial charge in [0.05, 0.1) is 28.8 Å². The van der Waals surface area contributed by atoms with E-state index in [9.17, 15) is 9.59 Å². The van der Waals surface area contributed by atoms with Crippen LogP contribution in [0.5, 0.6) is 0 Å². The van der Waals surface area contributed by atoms with Gasteiger partial charge in [-0.1, -0.05) is 0 Å². The highest BCUT2D eigenvalue weighted by Crippen LogP contribution is 2.30. The van der Waals surface area contributed by atoms with Gasteiger partial charge in [-0.3, -0.25) is 19.5 Å². The van der Waals surface area contributed by atoms with Gasteiger partial charge in [0.1, 0.15) is 5.56 Å². The Labute approximate surface area is 208 Å². The number of carbonyl (C=O) groups excluding carboxylic acids is 1. The molecule has 3 aromatic heterocycles. The SMILES string of the molecule is Cc1ncc(Nc2cc[nH]c(=O)c2C(=O)Nc2ccc(N3CCN(C4CC4)CC3)cc2)c2cc[nH]c12. The number of rotatable bonds is 6. The van der Waals surface area contributed by atoms with Crippen molar-refractivity contribution in [2.45, 2.75) is 25.8 Å². The Bertz CT molecular complexity index is 1460. The lowest BCUT2D eigenvalue weighted by atomic mass is 10.1. The van der Waals surface area contributed by atoms with Crippen LogP contribution in [0.2, 0.25) is 0 Å². The molecule has 6 rings (SSSR count). The van der Waals surface area contributed by atoms with Crippen LogP contribution in [-0.4, -0.2) is 58.0 Å². The first-order valence-electron chi connectivity index (χ1n) is 12.4. The Kier molecular flexibility index (Phi) is 5.69. The van der Waals surface area contributed by atoms with E-state index >= 15 is 0 Å². The van der Waals surface area contributed by atoms with Gasteiger partial charge in [0.25, 0.3) is 11.5 Å². The molecular weight excluding hydrogens is 454 g/mol. The van der Waals surface area contributed by atoms with Crippen LogP contribution in [0.4, 0.5) is 22.7 Å². The van der Waals surface area contributed by atoms with Gasteiger partial charge in [0.2, 0.25) is 0 Å². The molecule has 184 valence electrons. The van der Waals surface area contributed by atoms with Gasteiger partial charge >= 0.3 is 0 Å².